The Labute approximate surface area is 134 Å². The zero-order valence-electron chi connectivity index (χ0n) is 11.9. The third kappa shape index (κ3) is 3.98. The first-order chi connectivity index (χ1) is 10.3. The first-order valence-corrected chi connectivity index (χ1v) is 8.43. The molecule has 1 fully saturated rings. The number of aromatic nitrogens is 2. The Morgan fingerprint density at radius 3 is 2.86 bits per heavy atom. The van der Waals surface area contributed by atoms with Crippen molar-refractivity contribution >= 4 is 28.6 Å². The van der Waals surface area contributed by atoms with Crippen LogP contribution >= 0.6 is 0 Å². The zero-order chi connectivity index (χ0) is 14.5. The van der Waals surface area contributed by atoms with E-state index in [-0.39, 0.29) is 0 Å². The van der Waals surface area contributed by atoms with E-state index >= 15 is 0 Å². The summed E-state index contributed by atoms with van der Waals surface area (Å²) in [5.74, 6) is 1.75. The van der Waals surface area contributed by atoms with Gasteiger partial charge in [0.25, 0.3) is 0 Å². The van der Waals surface area contributed by atoms with Gasteiger partial charge in [-0.05, 0) is 0 Å². The second-order valence-corrected chi connectivity index (χ2v) is 6.82. The van der Waals surface area contributed by atoms with E-state index in [0.29, 0.717) is 4.71 Å². The van der Waals surface area contributed by atoms with Crippen LogP contribution in [-0.4, -0.2) is 46.5 Å². The number of anilines is 2. The molecule has 4 nitrogen and oxygen atoms in total. The molecular weight excluding hydrogens is 323 g/mol. The third-order valence-electron chi connectivity index (χ3n) is 3.67. The van der Waals surface area contributed by atoms with Crippen LogP contribution in [0.15, 0.2) is 42.6 Å². The van der Waals surface area contributed by atoms with Crippen molar-refractivity contribution in [2.75, 3.05) is 29.9 Å². The molecule has 1 aromatic heterocycles. The average Bonchev–Trinajstić information content (AvgIpc) is 2.95. The Bertz CT molecular complexity index is 575. The monoisotopic (exact) mass is 342 g/mol. The second-order valence-electron chi connectivity index (χ2n) is 5.29. The SMILES string of the molecule is [As][C@@H]1CCN(c2ccnc(NCCc3ccccc3)n2)C1. The molecule has 0 unspecified atom stereocenters. The number of benzene rings is 1. The second kappa shape index (κ2) is 6.95. The molecule has 0 saturated carbocycles. The Hall–Kier alpha value is -1.54. The van der Waals surface area contributed by atoms with Gasteiger partial charge in [0.2, 0.25) is 0 Å². The summed E-state index contributed by atoms with van der Waals surface area (Å²) in [6, 6.07) is 12.5. The zero-order valence-corrected chi connectivity index (χ0v) is 13.8. The quantitative estimate of drug-likeness (QED) is 0.847. The first kappa shape index (κ1) is 14.4. The molecule has 1 saturated heterocycles. The van der Waals surface area contributed by atoms with Crippen molar-refractivity contribution in [3.63, 3.8) is 0 Å². The molecule has 0 bridgehead atoms. The van der Waals surface area contributed by atoms with Crippen LogP contribution in [0.2, 0.25) is 4.71 Å². The number of hydrogen-bond donors (Lipinski definition) is 1. The normalized spacial score (nSPS) is 18.0. The Morgan fingerprint density at radius 2 is 2.10 bits per heavy atom. The molecule has 2 heterocycles. The molecule has 1 aliphatic heterocycles. The molecule has 2 aromatic rings. The first-order valence-electron chi connectivity index (χ1n) is 7.35. The summed E-state index contributed by atoms with van der Waals surface area (Å²) < 4.78 is 0.696. The molecule has 108 valence electrons. The van der Waals surface area contributed by atoms with E-state index in [2.05, 4.69) is 61.3 Å². The van der Waals surface area contributed by atoms with Crippen LogP contribution in [0.4, 0.5) is 11.8 Å². The summed E-state index contributed by atoms with van der Waals surface area (Å²) in [5.41, 5.74) is 1.33. The molecule has 1 aromatic carbocycles. The summed E-state index contributed by atoms with van der Waals surface area (Å²) in [7, 11) is 0. The van der Waals surface area contributed by atoms with Crippen LogP contribution in [0.1, 0.15) is 12.0 Å². The predicted octanol–water partition coefficient (Wildman–Crippen LogP) is 2.30. The Kier molecular flexibility index (Phi) is 4.76. The topological polar surface area (TPSA) is 41.1 Å². The van der Waals surface area contributed by atoms with Crippen LogP contribution in [0.3, 0.4) is 0 Å². The minimum atomic E-state index is 0.696. The van der Waals surface area contributed by atoms with Crippen LogP contribution in [0.5, 0.6) is 0 Å². The molecule has 1 aliphatic rings. The van der Waals surface area contributed by atoms with E-state index in [1.165, 1.54) is 12.0 Å². The van der Waals surface area contributed by atoms with E-state index in [1.807, 2.05) is 18.3 Å². The van der Waals surface area contributed by atoms with Crippen molar-refractivity contribution < 1.29 is 0 Å². The maximum atomic E-state index is 4.62. The summed E-state index contributed by atoms with van der Waals surface area (Å²) in [4.78, 5) is 11.3. The van der Waals surface area contributed by atoms with Crippen molar-refractivity contribution in [3.8, 4) is 0 Å². The minimum absolute atomic E-state index is 0.696. The van der Waals surface area contributed by atoms with Crippen LogP contribution < -0.4 is 10.2 Å². The van der Waals surface area contributed by atoms with E-state index in [4.69, 9.17) is 0 Å². The fraction of sp³-hybridized carbons (Fsp3) is 0.375. The Balaban J connectivity index is 1.56. The van der Waals surface area contributed by atoms with Gasteiger partial charge in [0.1, 0.15) is 0 Å². The molecule has 0 aliphatic carbocycles. The van der Waals surface area contributed by atoms with Gasteiger partial charge in [-0.2, -0.15) is 0 Å². The number of rotatable bonds is 5. The predicted molar refractivity (Wildman–Crippen MR) is 87.0 cm³/mol. The average molecular weight is 342 g/mol. The van der Waals surface area contributed by atoms with Gasteiger partial charge in [0.05, 0.1) is 0 Å². The van der Waals surface area contributed by atoms with Crippen LogP contribution in [0.25, 0.3) is 0 Å². The van der Waals surface area contributed by atoms with Crippen molar-refractivity contribution in [2.45, 2.75) is 17.5 Å². The van der Waals surface area contributed by atoms with Crippen molar-refractivity contribution in [2.24, 2.45) is 0 Å². The molecule has 3 rings (SSSR count). The van der Waals surface area contributed by atoms with E-state index < -0.39 is 0 Å². The van der Waals surface area contributed by atoms with Gasteiger partial charge in [-0.3, -0.25) is 0 Å². The molecule has 5 heteroatoms. The summed E-state index contributed by atoms with van der Waals surface area (Å²) in [5, 5.41) is 3.32. The van der Waals surface area contributed by atoms with Gasteiger partial charge in [0.15, 0.2) is 0 Å². The third-order valence-corrected chi connectivity index (χ3v) is 4.55. The van der Waals surface area contributed by atoms with Crippen LogP contribution in [-0.2, 0) is 6.42 Å². The fourth-order valence-electron chi connectivity index (χ4n) is 2.52. The van der Waals surface area contributed by atoms with Gasteiger partial charge in [-0.25, -0.2) is 0 Å². The van der Waals surface area contributed by atoms with Crippen LogP contribution in [0, 0.1) is 0 Å². The van der Waals surface area contributed by atoms with Crippen molar-refractivity contribution in [3.05, 3.63) is 48.2 Å². The van der Waals surface area contributed by atoms with Crippen molar-refractivity contribution in [1.29, 1.82) is 0 Å². The maximum absolute atomic E-state index is 4.62. The Morgan fingerprint density at radius 1 is 1.24 bits per heavy atom. The number of nitrogens with zero attached hydrogens (tertiary/aromatic N) is 3. The molecule has 1 atom stereocenters. The molecule has 0 spiro atoms. The van der Waals surface area contributed by atoms with Gasteiger partial charge in [0, 0.05) is 0 Å². The van der Waals surface area contributed by atoms with E-state index in [9.17, 15) is 0 Å². The summed E-state index contributed by atoms with van der Waals surface area (Å²) in [6.45, 7) is 3.00. The van der Waals surface area contributed by atoms with Gasteiger partial charge >= 0.3 is 128 Å². The van der Waals surface area contributed by atoms with Gasteiger partial charge in [-0.15, -0.1) is 0 Å². The molecule has 1 N–H and O–H groups in total. The van der Waals surface area contributed by atoms with Crippen molar-refractivity contribution in [1.82, 2.24) is 9.97 Å². The summed E-state index contributed by atoms with van der Waals surface area (Å²) >= 11 is 2.75. The fourth-order valence-corrected chi connectivity index (χ4v) is 3.18. The van der Waals surface area contributed by atoms with Gasteiger partial charge < -0.3 is 0 Å². The molecular formula is C16H19AsN4. The summed E-state index contributed by atoms with van der Waals surface area (Å²) in [6.07, 6.45) is 4.04. The van der Waals surface area contributed by atoms with E-state index in [0.717, 1.165) is 37.8 Å². The number of hydrogen-bond acceptors (Lipinski definition) is 4. The molecule has 2 radical (unpaired) electrons. The van der Waals surface area contributed by atoms with E-state index in [1.54, 1.807) is 0 Å². The molecule has 0 amide bonds. The number of nitrogens with one attached hydrogen (secondary N) is 1. The standard InChI is InChI=1S/C16H19AsN4/c17-14-8-11-21(12-14)15-7-10-19-16(20-15)18-9-6-13-4-2-1-3-5-13/h1-5,7,10,14H,6,8-9,11-12H2,(H,18,19,20)/t14-/m1/s1. The molecule has 21 heavy (non-hydrogen) atoms. The van der Waals surface area contributed by atoms with Gasteiger partial charge in [-0.1, -0.05) is 6.07 Å².